The summed E-state index contributed by atoms with van der Waals surface area (Å²) in [5, 5.41) is 5.78. The number of rotatable bonds is 5. The predicted octanol–water partition coefficient (Wildman–Crippen LogP) is 2.63. The van der Waals surface area contributed by atoms with Crippen LogP contribution in [-0.2, 0) is 4.79 Å². The van der Waals surface area contributed by atoms with Crippen molar-refractivity contribution in [1.82, 2.24) is 10.2 Å². The van der Waals surface area contributed by atoms with Gasteiger partial charge < -0.3 is 15.5 Å². The minimum Gasteiger partial charge on any atom is -0.358 e. The first-order chi connectivity index (χ1) is 11.6. The summed E-state index contributed by atoms with van der Waals surface area (Å²) in [4.78, 5) is 26.6. The highest BCUT2D eigenvalue weighted by atomic mass is 32.2. The Morgan fingerprint density at radius 1 is 1.21 bits per heavy atom. The lowest BCUT2D eigenvalue weighted by atomic mass is 10.1. The Morgan fingerprint density at radius 3 is 2.62 bits per heavy atom. The average molecular weight is 364 g/mol. The first kappa shape index (κ1) is 17.2. The second-order valence-electron chi connectivity index (χ2n) is 6.09. The average Bonchev–Trinajstić information content (AvgIpc) is 3.22. The van der Waals surface area contributed by atoms with Crippen LogP contribution in [0.4, 0.5) is 5.69 Å². The number of nitrogens with one attached hydrogen (secondary N) is 2. The highest BCUT2D eigenvalue weighted by molar-refractivity contribution is 8.23. The first-order valence-electron chi connectivity index (χ1n) is 8.25. The third-order valence-corrected chi connectivity index (χ3v) is 5.57. The quantitative estimate of drug-likeness (QED) is 0.788. The van der Waals surface area contributed by atoms with E-state index in [4.69, 9.17) is 12.2 Å². The number of thiocarbonyl (C=S) groups is 1. The van der Waals surface area contributed by atoms with Gasteiger partial charge in [0.25, 0.3) is 5.91 Å². The normalized spacial score (nSPS) is 16.8. The van der Waals surface area contributed by atoms with Crippen molar-refractivity contribution in [1.29, 1.82) is 0 Å². The van der Waals surface area contributed by atoms with Gasteiger partial charge >= 0.3 is 0 Å². The smallest absolute Gasteiger partial charge is 0.253 e. The molecule has 0 radical (unpaired) electrons. The number of carbonyl (C=O) groups excluding carboxylic acids is 2. The summed E-state index contributed by atoms with van der Waals surface area (Å²) in [7, 11) is 0. The molecule has 1 aromatic rings. The zero-order chi connectivity index (χ0) is 16.9. The molecule has 1 aliphatic carbocycles. The lowest BCUT2D eigenvalue weighted by Gasteiger charge is -2.17. The van der Waals surface area contributed by atoms with Crippen LogP contribution in [0.25, 0.3) is 0 Å². The fourth-order valence-corrected chi connectivity index (χ4v) is 3.64. The van der Waals surface area contributed by atoms with E-state index in [0.29, 0.717) is 11.3 Å². The van der Waals surface area contributed by atoms with Gasteiger partial charge in [-0.05, 0) is 37.8 Å². The number of hydrogen-bond donors (Lipinski definition) is 2. The predicted molar refractivity (Wildman–Crippen MR) is 101 cm³/mol. The molecule has 1 saturated heterocycles. The molecule has 2 aliphatic rings. The lowest BCUT2D eigenvalue weighted by molar-refractivity contribution is -0.113. The zero-order valence-electron chi connectivity index (χ0n) is 13.4. The van der Waals surface area contributed by atoms with Gasteiger partial charge in [0.1, 0.15) is 4.32 Å². The van der Waals surface area contributed by atoms with Gasteiger partial charge in [-0.3, -0.25) is 9.59 Å². The van der Waals surface area contributed by atoms with Gasteiger partial charge in [0, 0.05) is 19.1 Å². The van der Waals surface area contributed by atoms with Gasteiger partial charge in [-0.25, -0.2) is 0 Å². The van der Waals surface area contributed by atoms with Gasteiger partial charge in [0.05, 0.1) is 17.0 Å². The highest BCUT2D eigenvalue weighted by Gasteiger charge is 2.25. The Morgan fingerprint density at radius 2 is 1.92 bits per heavy atom. The van der Waals surface area contributed by atoms with E-state index < -0.39 is 0 Å². The number of amides is 2. The number of benzene rings is 1. The van der Waals surface area contributed by atoms with E-state index >= 15 is 0 Å². The molecule has 0 unspecified atom stereocenters. The number of anilines is 1. The Kier molecular flexibility index (Phi) is 5.73. The summed E-state index contributed by atoms with van der Waals surface area (Å²) in [5.74, 6) is -0.0182. The van der Waals surface area contributed by atoms with E-state index in [2.05, 4.69) is 15.5 Å². The topological polar surface area (TPSA) is 61.4 Å². The lowest BCUT2D eigenvalue weighted by Crippen LogP contribution is -2.28. The third kappa shape index (κ3) is 4.70. The fraction of sp³-hybridized carbons (Fsp3) is 0.471. The van der Waals surface area contributed by atoms with Crippen molar-refractivity contribution in [2.24, 2.45) is 0 Å². The Balaban J connectivity index is 1.53. The van der Waals surface area contributed by atoms with Crippen LogP contribution in [0.5, 0.6) is 0 Å². The minimum absolute atomic E-state index is 0.131. The van der Waals surface area contributed by atoms with Crippen LogP contribution in [0.1, 0.15) is 36.0 Å². The van der Waals surface area contributed by atoms with Crippen molar-refractivity contribution in [3.63, 3.8) is 0 Å². The van der Waals surface area contributed by atoms with Crippen molar-refractivity contribution in [3.8, 4) is 0 Å². The molecule has 1 aromatic carbocycles. The van der Waals surface area contributed by atoms with Gasteiger partial charge in [-0.15, -0.1) is 0 Å². The van der Waals surface area contributed by atoms with Crippen LogP contribution < -0.4 is 10.6 Å². The second-order valence-corrected chi connectivity index (χ2v) is 7.70. The van der Waals surface area contributed by atoms with E-state index in [-0.39, 0.29) is 23.6 Å². The van der Waals surface area contributed by atoms with E-state index in [1.807, 2.05) is 6.07 Å². The van der Waals surface area contributed by atoms with Crippen molar-refractivity contribution < 1.29 is 9.59 Å². The minimum atomic E-state index is -0.145. The summed E-state index contributed by atoms with van der Waals surface area (Å²) < 4.78 is 0.780. The number of carbonyl (C=O) groups is 2. The molecule has 3 rings (SSSR count). The highest BCUT2D eigenvalue weighted by Crippen LogP contribution is 2.22. The van der Waals surface area contributed by atoms with Crippen LogP contribution in [-0.4, -0.2) is 45.9 Å². The zero-order valence-corrected chi connectivity index (χ0v) is 15.0. The molecule has 7 heteroatoms. The third-order valence-electron chi connectivity index (χ3n) is 4.05. The molecule has 0 aromatic heterocycles. The van der Waals surface area contributed by atoms with Crippen LogP contribution in [0, 0.1) is 0 Å². The second kappa shape index (κ2) is 7.98. The maximum Gasteiger partial charge on any atom is 0.253 e. The van der Waals surface area contributed by atoms with Crippen LogP contribution in [0.15, 0.2) is 24.3 Å². The molecule has 0 bridgehead atoms. The first-order valence-corrected chi connectivity index (χ1v) is 9.64. The standard InChI is InChI=1S/C17H21N3O2S2/c21-15(11-24-17(23)20-9-3-4-10-20)19-14-6-2-1-5-13(14)16(22)18-12-7-8-12/h1-2,5-6,12H,3-4,7-11H2,(H,18,22)(H,19,21). The molecule has 2 fully saturated rings. The van der Waals surface area contributed by atoms with E-state index in [0.717, 1.165) is 43.1 Å². The van der Waals surface area contributed by atoms with Gasteiger partial charge in [0.15, 0.2) is 0 Å². The summed E-state index contributed by atoms with van der Waals surface area (Å²) >= 11 is 6.74. The van der Waals surface area contributed by atoms with E-state index in [1.165, 1.54) is 11.8 Å². The number of likely N-dealkylation sites (tertiary alicyclic amines) is 1. The maximum absolute atomic E-state index is 12.2. The molecule has 24 heavy (non-hydrogen) atoms. The van der Waals surface area contributed by atoms with Crippen LogP contribution in [0.2, 0.25) is 0 Å². The van der Waals surface area contributed by atoms with Crippen molar-refractivity contribution in [2.75, 3.05) is 24.2 Å². The largest absolute Gasteiger partial charge is 0.358 e. The molecule has 0 atom stereocenters. The molecule has 2 amide bonds. The molecule has 5 nitrogen and oxygen atoms in total. The van der Waals surface area contributed by atoms with Gasteiger partial charge in [0.2, 0.25) is 5.91 Å². The maximum atomic E-state index is 12.2. The summed E-state index contributed by atoms with van der Waals surface area (Å²) in [6, 6.07) is 7.38. The molecule has 0 spiro atoms. The molecule has 128 valence electrons. The molecule has 2 N–H and O–H groups in total. The van der Waals surface area contributed by atoms with E-state index in [9.17, 15) is 9.59 Å². The fourth-order valence-electron chi connectivity index (χ4n) is 2.59. The number of hydrogen-bond acceptors (Lipinski definition) is 4. The van der Waals surface area contributed by atoms with E-state index in [1.54, 1.807) is 18.2 Å². The van der Waals surface area contributed by atoms with Crippen molar-refractivity contribution in [2.45, 2.75) is 31.7 Å². The Bertz CT molecular complexity index is 640. The van der Waals surface area contributed by atoms with Crippen molar-refractivity contribution >= 4 is 45.8 Å². The molecule has 1 aliphatic heterocycles. The molecular weight excluding hydrogens is 342 g/mol. The van der Waals surface area contributed by atoms with Crippen molar-refractivity contribution in [3.05, 3.63) is 29.8 Å². The monoisotopic (exact) mass is 363 g/mol. The number of thioether (sulfide) groups is 1. The summed E-state index contributed by atoms with van der Waals surface area (Å²) in [6.45, 7) is 1.97. The SMILES string of the molecule is O=C(CSC(=S)N1CCCC1)Nc1ccccc1C(=O)NC1CC1. The molecular formula is C17H21N3O2S2. The van der Waals surface area contributed by atoms with Crippen LogP contribution in [0.3, 0.4) is 0 Å². The summed E-state index contributed by atoms with van der Waals surface area (Å²) in [5.41, 5.74) is 1.05. The summed E-state index contributed by atoms with van der Waals surface area (Å²) in [6.07, 6.45) is 4.39. The number of nitrogens with zero attached hydrogens (tertiary/aromatic N) is 1. The van der Waals surface area contributed by atoms with Gasteiger partial charge in [-0.1, -0.05) is 36.1 Å². The molecule has 1 heterocycles. The number of para-hydroxylation sites is 1. The van der Waals surface area contributed by atoms with Crippen LogP contribution >= 0.6 is 24.0 Å². The molecule has 1 saturated carbocycles. The van der Waals surface area contributed by atoms with Gasteiger partial charge in [-0.2, -0.15) is 0 Å². The Labute approximate surface area is 151 Å². The Hall–Kier alpha value is -1.60.